The smallest absolute Gasteiger partial charge is 0.339 e. The van der Waals surface area contributed by atoms with Crippen LogP contribution in [0.4, 0.5) is 0 Å². The molecule has 88 valence electrons. The molecule has 2 rings (SSSR count). The maximum absolute atomic E-state index is 11.0. The van der Waals surface area contributed by atoms with Gasteiger partial charge < -0.3 is 10.0 Å². The van der Waals surface area contributed by atoms with E-state index in [1.165, 1.54) is 12.8 Å². The number of hydrogen-bond acceptors (Lipinski definition) is 3. The summed E-state index contributed by atoms with van der Waals surface area (Å²) in [7, 11) is 1.76. The minimum Gasteiger partial charge on any atom is -0.478 e. The zero-order chi connectivity index (χ0) is 11.5. The van der Waals surface area contributed by atoms with Gasteiger partial charge in [0, 0.05) is 26.2 Å². The molecule has 1 fully saturated rings. The van der Waals surface area contributed by atoms with Crippen molar-refractivity contribution in [2.75, 3.05) is 19.6 Å². The fraction of sp³-hybridized carbons (Fsp3) is 0.636. The number of carboxylic acids is 1. The Morgan fingerprint density at radius 2 is 2.19 bits per heavy atom. The Kier molecular flexibility index (Phi) is 3.24. The van der Waals surface area contributed by atoms with E-state index in [9.17, 15) is 4.79 Å². The lowest BCUT2D eigenvalue weighted by Crippen LogP contribution is -2.22. The molecule has 0 atom stereocenters. The molecule has 1 aliphatic rings. The number of carboxylic acid groups (broad SMARTS) is 1. The molecule has 16 heavy (non-hydrogen) atoms. The molecule has 0 unspecified atom stereocenters. The first kappa shape index (κ1) is 11.1. The minimum absolute atomic E-state index is 0.335. The number of aromatic nitrogens is 2. The topological polar surface area (TPSA) is 58.4 Å². The Morgan fingerprint density at radius 3 is 2.81 bits per heavy atom. The van der Waals surface area contributed by atoms with Gasteiger partial charge in [-0.2, -0.15) is 5.10 Å². The molecule has 5 heteroatoms. The van der Waals surface area contributed by atoms with Crippen LogP contribution < -0.4 is 0 Å². The van der Waals surface area contributed by atoms with E-state index in [1.54, 1.807) is 17.9 Å². The first-order valence-corrected chi connectivity index (χ1v) is 5.65. The Bertz CT molecular complexity index is 381. The lowest BCUT2D eigenvalue weighted by molar-refractivity contribution is 0.0695. The third kappa shape index (κ3) is 2.41. The third-order valence-electron chi connectivity index (χ3n) is 3.00. The zero-order valence-electron chi connectivity index (χ0n) is 9.52. The van der Waals surface area contributed by atoms with E-state index in [1.807, 2.05) is 0 Å². The standard InChI is InChI=1S/C11H17N3O2/c1-13-8-9(11(15)16)10(12-13)4-7-14-5-2-3-6-14/h8H,2-7H2,1H3,(H,15,16). The van der Waals surface area contributed by atoms with Gasteiger partial charge in [0.15, 0.2) is 0 Å². The van der Waals surface area contributed by atoms with Crippen LogP contribution in [0.25, 0.3) is 0 Å². The molecular formula is C11H17N3O2. The molecule has 0 saturated carbocycles. The van der Waals surface area contributed by atoms with Crippen LogP contribution in [-0.2, 0) is 13.5 Å². The predicted molar refractivity (Wildman–Crippen MR) is 59.5 cm³/mol. The highest BCUT2D eigenvalue weighted by Crippen LogP contribution is 2.11. The number of hydrogen-bond donors (Lipinski definition) is 1. The minimum atomic E-state index is -0.885. The van der Waals surface area contributed by atoms with Gasteiger partial charge in [0.1, 0.15) is 5.56 Å². The number of aromatic carboxylic acids is 1. The van der Waals surface area contributed by atoms with Crippen molar-refractivity contribution < 1.29 is 9.90 Å². The average molecular weight is 223 g/mol. The first-order chi connectivity index (χ1) is 7.66. The normalized spacial score (nSPS) is 16.8. The summed E-state index contributed by atoms with van der Waals surface area (Å²) in [5, 5.41) is 13.2. The van der Waals surface area contributed by atoms with Crippen molar-refractivity contribution in [3.63, 3.8) is 0 Å². The highest BCUT2D eigenvalue weighted by Gasteiger charge is 2.16. The highest BCUT2D eigenvalue weighted by molar-refractivity contribution is 5.88. The fourth-order valence-corrected chi connectivity index (χ4v) is 2.17. The third-order valence-corrected chi connectivity index (χ3v) is 3.00. The van der Waals surface area contributed by atoms with Crippen LogP contribution in [0.3, 0.4) is 0 Å². The van der Waals surface area contributed by atoms with Crippen molar-refractivity contribution in [3.8, 4) is 0 Å². The SMILES string of the molecule is Cn1cc(C(=O)O)c(CCN2CCCC2)n1. The monoisotopic (exact) mass is 223 g/mol. The van der Waals surface area contributed by atoms with E-state index in [4.69, 9.17) is 5.11 Å². The van der Waals surface area contributed by atoms with Gasteiger partial charge >= 0.3 is 5.97 Å². The molecular weight excluding hydrogens is 206 g/mol. The molecule has 0 spiro atoms. The van der Waals surface area contributed by atoms with Gasteiger partial charge in [-0.25, -0.2) is 4.79 Å². The van der Waals surface area contributed by atoms with E-state index in [0.717, 1.165) is 26.1 Å². The average Bonchev–Trinajstić information content (AvgIpc) is 2.83. The molecule has 1 N–H and O–H groups in total. The van der Waals surface area contributed by atoms with Crippen molar-refractivity contribution in [2.24, 2.45) is 7.05 Å². The Labute approximate surface area is 94.7 Å². The first-order valence-electron chi connectivity index (χ1n) is 5.65. The van der Waals surface area contributed by atoms with Gasteiger partial charge in [0.25, 0.3) is 0 Å². The van der Waals surface area contributed by atoms with Crippen LogP contribution in [0.5, 0.6) is 0 Å². The molecule has 0 amide bonds. The molecule has 1 aromatic heterocycles. The van der Waals surface area contributed by atoms with Gasteiger partial charge in [0.05, 0.1) is 5.69 Å². The van der Waals surface area contributed by atoms with Gasteiger partial charge in [-0.05, 0) is 25.9 Å². The van der Waals surface area contributed by atoms with Crippen molar-refractivity contribution >= 4 is 5.97 Å². The van der Waals surface area contributed by atoms with Gasteiger partial charge in [-0.1, -0.05) is 0 Å². The Balaban J connectivity index is 1.99. The summed E-state index contributed by atoms with van der Waals surface area (Å²) in [6.07, 6.45) is 4.81. The molecule has 0 aromatic carbocycles. The number of aryl methyl sites for hydroxylation is 1. The van der Waals surface area contributed by atoms with E-state index >= 15 is 0 Å². The molecule has 5 nitrogen and oxygen atoms in total. The second-order valence-corrected chi connectivity index (χ2v) is 4.27. The van der Waals surface area contributed by atoms with E-state index in [0.29, 0.717) is 11.3 Å². The van der Waals surface area contributed by atoms with E-state index in [2.05, 4.69) is 10.00 Å². The van der Waals surface area contributed by atoms with Crippen LogP contribution in [0.1, 0.15) is 28.9 Å². The highest BCUT2D eigenvalue weighted by atomic mass is 16.4. The summed E-state index contributed by atoms with van der Waals surface area (Å²) in [5.74, 6) is -0.885. The quantitative estimate of drug-likeness (QED) is 0.818. The lowest BCUT2D eigenvalue weighted by atomic mass is 10.2. The van der Waals surface area contributed by atoms with Crippen LogP contribution in [0.2, 0.25) is 0 Å². The summed E-state index contributed by atoms with van der Waals surface area (Å²) in [5.41, 5.74) is 1.03. The van der Waals surface area contributed by atoms with Gasteiger partial charge in [0.2, 0.25) is 0 Å². The van der Waals surface area contributed by atoms with Crippen LogP contribution >= 0.6 is 0 Å². The summed E-state index contributed by atoms with van der Waals surface area (Å²) in [6, 6.07) is 0. The van der Waals surface area contributed by atoms with E-state index < -0.39 is 5.97 Å². The Morgan fingerprint density at radius 1 is 1.50 bits per heavy atom. The molecule has 0 radical (unpaired) electrons. The van der Waals surface area contributed by atoms with Gasteiger partial charge in [-0.3, -0.25) is 4.68 Å². The number of rotatable bonds is 4. The molecule has 2 heterocycles. The predicted octanol–water partition coefficient (Wildman–Crippen LogP) is 0.757. The molecule has 1 saturated heterocycles. The second-order valence-electron chi connectivity index (χ2n) is 4.27. The van der Waals surface area contributed by atoms with Crippen LogP contribution in [0, 0.1) is 0 Å². The lowest BCUT2D eigenvalue weighted by Gasteiger charge is -2.13. The maximum atomic E-state index is 11.0. The number of likely N-dealkylation sites (tertiary alicyclic amines) is 1. The number of carbonyl (C=O) groups is 1. The summed E-state index contributed by atoms with van der Waals surface area (Å²) >= 11 is 0. The molecule has 1 aromatic rings. The second kappa shape index (κ2) is 4.65. The van der Waals surface area contributed by atoms with Crippen molar-refractivity contribution in [2.45, 2.75) is 19.3 Å². The van der Waals surface area contributed by atoms with E-state index in [-0.39, 0.29) is 0 Å². The largest absolute Gasteiger partial charge is 0.478 e. The van der Waals surface area contributed by atoms with Crippen LogP contribution in [-0.4, -0.2) is 45.4 Å². The fourth-order valence-electron chi connectivity index (χ4n) is 2.17. The van der Waals surface area contributed by atoms with Gasteiger partial charge in [-0.15, -0.1) is 0 Å². The summed E-state index contributed by atoms with van der Waals surface area (Å²) in [4.78, 5) is 13.3. The zero-order valence-corrected chi connectivity index (χ0v) is 9.52. The summed E-state index contributed by atoms with van der Waals surface area (Å²) < 4.78 is 1.57. The summed E-state index contributed by atoms with van der Waals surface area (Å²) in [6.45, 7) is 3.18. The van der Waals surface area contributed by atoms with Crippen molar-refractivity contribution in [1.82, 2.24) is 14.7 Å². The molecule has 0 aliphatic carbocycles. The Hall–Kier alpha value is -1.36. The maximum Gasteiger partial charge on any atom is 0.339 e. The number of nitrogens with zero attached hydrogens (tertiary/aromatic N) is 3. The van der Waals surface area contributed by atoms with Crippen LogP contribution in [0.15, 0.2) is 6.20 Å². The van der Waals surface area contributed by atoms with Crippen molar-refractivity contribution in [1.29, 1.82) is 0 Å². The molecule has 0 bridgehead atoms. The van der Waals surface area contributed by atoms with Crippen molar-refractivity contribution in [3.05, 3.63) is 17.5 Å². The molecule has 1 aliphatic heterocycles.